The Balaban J connectivity index is 1.49. The Morgan fingerprint density at radius 1 is 1.12 bits per heavy atom. The number of para-hydroxylation sites is 1. The second kappa shape index (κ2) is 9.93. The van der Waals surface area contributed by atoms with E-state index in [2.05, 4.69) is 15.3 Å². The van der Waals surface area contributed by atoms with E-state index in [9.17, 15) is 19.2 Å². The molecule has 1 aromatic heterocycles. The van der Waals surface area contributed by atoms with Crippen molar-refractivity contribution in [1.29, 1.82) is 0 Å². The third-order valence-electron chi connectivity index (χ3n) is 8.20. The molecule has 10 nitrogen and oxygen atoms in total. The summed E-state index contributed by atoms with van der Waals surface area (Å²) in [6.07, 6.45) is 0.847. The fraction of sp³-hybridized carbons (Fsp3) is 0.367. The SMILES string of the molecule is Cc1nc(C)c(CC(=O)N2CC[C@]34C(=O)N(CC(=O)NCCCOc5cccc(c5)[C@H]23)c2ccccc24)c(=O)[nH]1. The molecule has 1 fully saturated rings. The number of aryl methyl sites for hydroxylation is 2. The molecule has 3 aliphatic heterocycles. The number of aromatic amines is 1. The van der Waals surface area contributed by atoms with E-state index in [1.807, 2.05) is 48.5 Å². The zero-order valence-corrected chi connectivity index (χ0v) is 22.5. The van der Waals surface area contributed by atoms with E-state index in [1.165, 1.54) is 0 Å². The summed E-state index contributed by atoms with van der Waals surface area (Å²) in [7, 11) is 0. The molecule has 2 aromatic carbocycles. The van der Waals surface area contributed by atoms with Crippen LogP contribution in [0.1, 0.15) is 47.1 Å². The summed E-state index contributed by atoms with van der Waals surface area (Å²) < 4.78 is 5.98. The maximum Gasteiger partial charge on any atom is 0.254 e. The third-order valence-corrected chi connectivity index (χ3v) is 8.20. The quantitative estimate of drug-likeness (QED) is 0.512. The second-order valence-electron chi connectivity index (χ2n) is 10.6. The number of likely N-dealkylation sites (tertiary alicyclic amines) is 1. The van der Waals surface area contributed by atoms with Crippen LogP contribution in [-0.2, 0) is 26.2 Å². The summed E-state index contributed by atoms with van der Waals surface area (Å²) in [6, 6.07) is 14.4. The average molecular weight is 542 g/mol. The Morgan fingerprint density at radius 3 is 2.77 bits per heavy atom. The number of rotatable bonds is 2. The van der Waals surface area contributed by atoms with Crippen molar-refractivity contribution in [1.82, 2.24) is 20.2 Å². The van der Waals surface area contributed by atoms with Gasteiger partial charge in [-0.15, -0.1) is 0 Å². The fourth-order valence-corrected chi connectivity index (χ4v) is 6.45. The van der Waals surface area contributed by atoms with Gasteiger partial charge in [0.05, 0.1) is 19.1 Å². The molecule has 3 amide bonds. The molecule has 206 valence electrons. The molecular formula is C30H31N5O5. The van der Waals surface area contributed by atoms with Crippen LogP contribution < -0.4 is 20.5 Å². The van der Waals surface area contributed by atoms with E-state index in [0.29, 0.717) is 61.1 Å². The largest absolute Gasteiger partial charge is 0.494 e. The standard InChI is InChI=1S/C30H31N5O5/c1-18-22(28(38)33-19(2)32-18)16-26(37)34-13-11-30-23-9-3-4-10-24(23)35(29(30)39)17-25(36)31-12-6-14-40-21-8-5-7-20(15-21)27(30)34/h3-5,7-10,15,27H,6,11-14,16-17H2,1-2H3,(H,31,36)(H,32,33,38)/t27-,30+/m0/s1. The lowest BCUT2D eigenvalue weighted by atomic mass is 9.72. The minimum absolute atomic E-state index is 0.108. The minimum atomic E-state index is -1.09. The van der Waals surface area contributed by atoms with Crippen LogP contribution >= 0.6 is 0 Å². The van der Waals surface area contributed by atoms with Crippen LogP contribution in [0.4, 0.5) is 5.69 Å². The summed E-state index contributed by atoms with van der Waals surface area (Å²) in [5.74, 6) is 0.383. The highest BCUT2D eigenvalue weighted by molar-refractivity contribution is 6.12. The van der Waals surface area contributed by atoms with Gasteiger partial charge in [-0.05, 0) is 56.0 Å². The van der Waals surface area contributed by atoms with Gasteiger partial charge in [-0.3, -0.25) is 19.2 Å². The van der Waals surface area contributed by atoms with Gasteiger partial charge in [-0.25, -0.2) is 4.98 Å². The number of benzene rings is 2. The maximum atomic E-state index is 14.5. The molecule has 2 atom stereocenters. The number of aromatic nitrogens is 2. The molecule has 2 N–H and O–H groups in total. The molecule has 0 radical (unpaired) electrons. The van der Waals surface area contributed by atoms with E-state index in [1.54, 1.807) is 23.6 Å². The number of hydrogen-bond donors (Lipinski definition) is 2. The van der Waals surface area contributed by atoms with E-state index >= 15 is 0 Å². The third kappa shape index (κ3) is 4.14. The van der Waals surface area contributed by atoms with Gasteiger partial charge in [0.25, 0.3) is 5.56 Å². The molecule has 0 saturated carbocycles. The number of fused-ring (bicyclic) bond motifs is 6. The highest BCUT2D eigenvalue weighted by Gasteiger charge is 2.61. The highest BCUT2D eigenvalue weighted by atomic mass is 16.5. The fourth-order valence-electron chi connectivity index (χ4n) is 6.45. The molecule has 10 heteroatoms. The van der Waals surface area contributed by atoms with Crippen LogP contribution in [-0.4, -0.2) is 58.8 Å². The molecule has 4 heterocycles. The molecule has 3 aliphatic rings. The van der Waals surface area contributed by atoms with Gasteiger partial charge in [-0.2, -0.15) is 0 Å². The summed E-state index contributed by atoms with van der Waals surface area (Å²) in [6.45, 7) is 4.47. The van der Waals surface area contributed by atoms with Crippen LogP contribution in [0.3, 0.4) is 0 Å². The lowest BCUT2D eigenvalue weighted by Gasteiger charge is -2.35. The normalized spacial score (nSPS) is 22.2. The molecule has 1 spiro atoms. The van der Waals surface area contributed by atoms with Crippen molar-refractivity contribution in [3.05, 3.63) is 87.1 Å². The first kappa shape index (κ1) is 25.8. The lowest BCUT2D eigenvalue weighted by Crippen LogP contribution is -2.48. The summed E-state index contributed by atoms with van der Waals surface area (Å²) in [5, 5.41) is 2.89. The molecule has 0 aliphatic carbocycles. The average Bonchev–Trinajstić information content (AvgIpc) is 3.43. The van der Waals surface area contributed by atoms with Gasteiger partial charge in [0, 0.05) is 30.0 Å². The van der Waals surface area contributed by atoms with E-state index in [0.717, 1.165) is 11.1 Å². The van der Waals surface area contributed by atoms with Crippen LogP contribution in [0.2, 0.25) is 0 Å². The van der Waals surface area contributed by atoms with Gasteiger partial charge in [0.15, 0.2) is 0 Å². The smallest absolute Gasteiger partial charge is 0.254 e. The van der Waals surface area contributed by atoms with Crippen molar-refractivity contribution < 1.29 is 19.1 Å². The Labute approximate surface area is 231 Å². The number of nitrogens with zero attached hydrogens (tertiary/aromatic N) is 3. The van der Waals surface area contributed by atoms with Crippen LogP contribution in [0.5, 0.6) is 5.75 Å². The minimum Gasteiger partial charge on any atom is -0.494 e. The number of carbonyl (C=O) groups is 3. The first-order chi connectivity index (χ1) is 19.3. The van der Waals surface area contributed by atoms with Gasteiger partial charge < -0.3 is 24.8 Å². The summed E-state index contributed by atoms with van der Waals surface area (Å²) in [5.41, 5.74) is 1.62. The molecule has 4 bridgehead atoms. The van der Waals surface area contributed by atoms with Crippen molar-refractivity contribution in [2.45, 2.75) is 44.6 Å². The summed E-state index contributed by atoms with van der Waals surface area (Å²) >= 11 is 0. The van der Waals surface area contributed by atoms with Crippen LogP contribution in [0, 0.1) is 13.8 Å². The number of carbonyl (C=O) groups excluding carboxylic acids is 3. The Morgan fingerprint density at radius 2 is 1.95 bits per heavy atom. The topological polar surface area (TPSA) is 125 Å². The van der Waals surface area contributed by atoms with Crippen LogP contribution in [0.15, 0.2) is 53.3 Å². The second-order valence-corrected chi connectivity index (χ2v) is 10.6. The summed E-state index contributed by atoms with van der Waals surface area (Å²) in [4.78, 5) is 64.4. The maximum absolute atomic E-state index is 14.5. The van der Waals surface area contributed by atoms with Gasteiger partial charge in [0.2, 0.25) is 17.7 Å². The number of ether oxygens (including phenoxy) is 1. The van der Waals surface area contributed by atoms with Crippen molar-refractivity contribution in [2.75, 3.05) is 31.1 Å². The number of hydrogen-bond acceptors (Lipinski definition) is 6. The Kier molecular flexibility index (Phi) is 6.40. The van der Waals surface area contributed by atoms with E-state index in [-0.39, 0.29) is 36.2 Å². The zero-order chi connectivity index (χ0) is 28.0. The first-order valence-corrected chi connectivity index (χ1v) is 13.6. The Hall–Kier alpha value is -4.47. The number of nitrogens with one attached hydrogen (secondary N) is 2. The van der Waals surface area contributed by atoms with Gasteiger partial charge in [0.1, 0.15) is 23.5 Å². The van der Waals surface area contributed by atoms with Crippen molar-refractivity contribution in [3.63, 3.8) is 0 Å². The number of H-pyrrole nitrogens is 1. The predicted octanol–water partition coefficient (Wildman–Crippen LogP) is 2.09. The van der Waals surface area contributed by atoms with Crippen molar-refractivity contribution >= 4 is 23.4 Å². The lowest BCUT2D eigenvalue weighted by molar-refractivity contribution is -0.133. The highest BCUT2D eigenvalue weighted by Crippen LogP contribution is 2.56. The van der Waals surface area contributed by atoms with E-state index in [4.69, 9.17) is 4.74 Å². The predicted molar refractivity (Wildman–Crippen MR) is 147 cm³/mol. The number of amides is 3. The van der Waals surface area contributed by atoms with Crippen molar-refractivity contribution in [3.8, 4) is 5.75 Å². The van der Waals surface area contributed by atoms with Gasteiger partial charge in [-0.1, -0.05) is 30.3 Å². The zero-order valence-electron chi connectivity index (χ0n) is 22.5. The molecule has 0 unspecified atom stereocenters. The Bertz CT molecular complexity index is 1580. The molecule has 3 aromatic rings. The van der Waals surface area contributed by atoms with Gasteiger partial charge >= 0.3 is 0 Å². The monoisotopic (exact) mass is 541 g/mol. The first-order valence-electron chi connectivity index (χ1n) is 13.6. The number of anilines is 1. The molecular weight excluding hydrogens is 510 g/mol. The molecule has 40 heavy (non-hydrogen) atoms. The molecule has 6 rings (SSSR count). The van der Waals surface area contributed by atoms with Crippen LogP contribution in [0.25, 0.3) is 0 Å². The van der Waals surface area contributed by atoms with E-state index < -0.39 is 11.5 Å². The van der Waals surface area contributed by atoms with Crippen molar-refractivity contribution in [2.24, 2.45) is 0 Å². The molecule has 1 saturated heterocycles.